The fourth-order valence-corrected chi connectivity index (χ4v) is 1.62. The molecule has 0 heterocycles. The van der Waals surface area contributed by atoms with Gasteiger partial charge >= 0.3 is 0 Å². The van der Waals surface area contributed by atoms with Crippen molar-refractivity contribution in [1.82, 2.24) is 4.90 Å². The van der Waals surface area contributed by atoms with Gasteiger partial charge in [-0.05, 0) is 26.0 Å². The minimum Gasteiger partial charge on any atom is -0.396 e. The van der Waals surface area contributed by atoms with Gasteiger partial charge in [0.05, 0.1) is 17.9 Å². The second-order valence-corrected chi connectivity index (χ2v) is 3.78. The van der Waals surface area contributed by atoms with Crippen LogP contribution in [-0.4, -0.2) is 37.1 Å². The van der Waals surface area contributed by atoms with E-state index in [1.807, 2.05) is 13.8 Å². The van der Waals surface area contributed by atoms with Crippen LogP contribution >= 0.6 is 0 Å². The number of nitrogens with two attached hydrogens (primary N) is 1. The number of halogens is 1. The molecule has 0 atom stereocenters. The van der Waals surface area contributed by atoms with E-state index in [4.69, 9.17) is 10.5 Å². The van der Waals surface area contributed by atoms with Crippen LogP contribution in [0, 0.1) is 5.82 Å². The van der Waals surface area contributed by atoms with Crippen LogP contribution in [0.1, 0.15) is 24.2 Å². The van der Waals surface area contributed by atoms with Crippen LogP contribution in [0.2, 0.25) is 0 Å². The maximum absolute atomic E-state index is 13.3. The van der Waals surface area contributed by atoms with E-state index in [1.165, 1.54) is 18.2 Å². The molecule has 18 heavy (non-hydrogen) atoms. The molecule has 0 saturated carbocycles. The predicted molar refractivity (Wildman–Crippen MR) is 68.9 cm³/mol. The standard InChI is InChI=1S/C13H19FN2O2/c1-3-16(8-9-18-4-2)13(17)10-6-5-7-11(14)12(10)15/h5-7H,3-4,8-9,15H2,1-2H3. The first-order valence-corrected chi connectivity index (χ1v) is 6.02. The molecule has 0 spiro atoms. The molecule has 0 aliphatic carbocycles. The Bertz CT molecular complexity index is 410. The van der Waals surface area contributed by atoms with Crippen LogP contribution in [-0.2, 0) is 4.74 Å². The van der Waals surface area contributed by atoms with Gasteiger partial charge < -0.3 is 15.4 Å². The number of anilines is 1. The molecule has 0 unspecified atom stereocenters. The Labute approximate surface area is 107 Å². The number of carbonyl (C=O) groups excluding carboxylic acids is 1. The fourth-order valence-electron chi connectivity index (χ4n) is 1.62. The molecule has 0 radical (unpaired) electrons. The summed E-state index contributed by atoms with van der Waals surface area (Å²) in [7, 11) is 0. The number of para-hydroxylation sites is 1. The lowest BCUT2D eigenvalue weighted by Crippen LogP contribution is -2.34. The van der Waals surface area contributed by atoms with Gasteiger partial charge in [-0.25, -0.2) is 4.39 Å². The maximum Gasteiger partial charge on any atom is 0.256 e. The van der Waals surface area contributed by atoms with Gasteiger partial charge in [-0.2, -0.15) is 0 Å². The summed E-state index contributed by atoms with van der Waals surface area (Å²) in [5.41, 5.74) is 5.68. The highest BCUT2D eigenvalue weighted by atomic mass is 19.1. The summed E-state index contributed by atoms with van der Waals surface area (Å²) in [5.74, 6) is -0.837. The molecular formula is C13H19FN2O2. The summed E-state index contributed by atoms with van der Waals surface area (Å²) < 4.78 is 18.5. The second-order valence-electron chi connectivity index (χ2n) is 3.78. The largest absolute Gasteiger partial charge is 0.396 e. The van der Waals surface area contributed by atoms with E-state index >= 15 is 0 Å². The minimum atomic E-state index is -0.568. The number of rotatable bonds is 6. The van der Waals surface area contributed by atoms with Crippen LogP contribution in [0.15, 0.2) is 18.2 Å². The normalized spacial score (nSPS) is 10.4. The van der Waals surface area contributed by atoms with Gasteiger partial charge in [0.25, 0.3) is 5.91 Å². The van der Waals surface area contributed by atoms with E-state index in [1.54, 1.807) is 4.90 Å². The van der Waals surface area contributed by atoms with Crippen molar-refractivity contribution < 1.29 is 13.9 Å². The molecule has 0 bridgehead atoms. The zero-order valence-corrected chi connectivity index (χ0v) is 10.8. The average Bonchev–Trinajstić information content (AvgIpc) is 2.37. The quantitative estimate of drug-likeness (QED) is 0.623. The first-order valence-electron chi connectivity index (χ1n) is 6.02. The predicted octanol–water partition coefficient (Wildman–Crippen LogP) is 1.91. The molecule has 5 heteroatoms. The Morgan fingerprint density at radius 2 is 2.17 bits per heavy atom. The maximum atomic E-state index is 13.3. The third-order valence-corrected chi connectivity index (χ3v) is 2.66. The Balaban J connectivity index is 2.80. The number of benzene rings is 1. The summed E-state index contributed by atoms with van der Waals surface area (Å²) in [6.45, 7) is 5.82. The van der Waals surface area contributed by atoms with Gasteiger partial charge in [-0.3, -0.25) is 4.79 Å². The number of carbonyl (C=O) groups is 1. The van der Waals surface area contributed by atoms with Crippen molar-refractivity contribution in [1.29, 1.82) is 0 Å². The monoisotopic (exact) mass is 254 g/mol. The number of likely N-dealkylation sites (N-methyl/N-ethyl adjacent to an activating group) is 1. The zero-order chi connectivity index (χ0) is 13.5. The molecule has 0 aliphatic rings. The van der Waals surface area contributed by atoms with Crippen molar-refractivity contribution in [2.75, 3.05) is 32.0 Å². The number of amides is 1. The summed E-state index contributed by atoms with van der Waals surface area (Å²) in [6.07, 6.45) is 0. The number of hydrogen-bond acceptors (Lipinski definition) is 3. The number of nitrogen functional groups attached to an aromatic ring is 1. The van der Waals surface area contributed by atoms with E-state index in [2.05, 4.69) is 0 Å². The van der Waals surface area contributed by atoms with E-state index in [0.29, 0.717) is 26.3 Å². The fraction of sp³-hybridized carbons (Fsp3) is 0.462. The Morgan fingerprint density at radius 3 is 2.78 bits per heavy atom. The lowest BCUT2D eigenvalue weighted by Gasteiger charge is -2.21. The highest BCUT2D eigenvalue weighted by molar-refractivity contribution is 5.99. The van der Waals surface area contributed by atoms with Gasteiger partial charge in [0, 0.05) is 19.7 Å². The third kappa shape index (κ3) is 3.43. The first-order chi connectivity index (χ1) is 8.61. The summed E-state index contributed by atoms with van der Waals surface area (Å²) in [5, 5.41) is 0. The lowest BCUT2D eigenvalue weighted by atomic mass is 10.1. The summed E-state index contributed by atoms with van der Waals surface area (Å²) >= 11 is 0. The average molecular weight is 254 g/mol. The molecule has 0 aromatic heterocycles. The molecule has 2 N–H and O–H groups in total. The topological polar surface area (TPSA) is 55.6 Å². The molecule has 1 amide bonds. The van der Waals surface area contributed by atoms with Crippen molar-refractivity contribution in [2.24, 2.45) is 0 Å². The van der Waals surface area contributed by atoms with Crippen LogP contribution < -0.4 is 5.73 Å². The van der Waals surface area contributed by atoms with E-state index in [0.717, 1.165) is 0 Å². The van der Waals surface area contributed by atoms with Crippen LogP contribution in [0.4, 0.5) is 10.1 Å². The van der Waals surface area contributed by atoms with E-state index < -0.39 is 5.82 Å². The van der Waals surface area contributed by atoms with Crippen LogP contribution in [0.5, 0.6) is 0 Å². The molecule has 1 aromatic carbocycles. The molecule has 100 valence electrons. The van der Waals surface area contributed by atoms with Gasteiger partial charge in [-0.1, -0.05) is 6.07 Å². The number of hydrogen-bond donors (Lipinski definition) is 1. The van der Waals surface area contributed by atoms with Gasteiger partial charge in [0.15, 0.2) is 0 Å². The molecule has 0 saturated heterocycles. The van der Waals surface area contributed by atoms with E-state index in [-0.39, 0.29) is 17.2 Å². The van der Waals surface area contributed by atoms with Crippen molar-refractivity contribution >= 4 is 11.6 Å². The van der Waals surface area contributed by atoms with Crippen molar-refractivity contribution in [3.8, 4) is 0 Å². The molecule has 4 nitrogen and oxygen atoms in total. The molecule has 0 aliphatic heterocycles. The molecule has 1 rings (SSSR count). The van der Waals surface area contributed by atoms with E-state index in [9.17, 15) is 9.18 Å². The Hall–Kier alpha value is -1.62. The number of ether oxygens (including phenoxy) is 1. The summed E-state index contributed by atoms with van der Waals surface area (Å²) in [6, 6.07) is 4.25. The third-order valence-electron chi connectivity index (χ3n) is 2.66. The smallest absolute Gasteiger partial charge is 0.256 e. The van der Waals surface area contributed by atoms with Gasteiger partial charge in [-0.15, -0.1) is 0 Å². The minimum absolute atomic E-state index is 0.0997. The molecular weight excluding hydrogens is 235 g/mol. The Morgan fingerprint density at radius 1 is 1.44 bits per heavy atom. The number of nitrogens with zero attached hydrogens (tertiary/aromatic N) is 1. The summed E-state index contributed by atoms with van der Waals surface area (Å²) in [4.78, 5) is 13.8. The first kappa shape index (κ1) is 14.4. The van der Waals surface area contributed by atoms with Gasteiger partial charge in [0.1, 0.15) is 5.82 Å². The lowest BCUT2D eigenvalue weighted by molar-refractivity contribution is 0.0670. The SMILES string of the molecule is CCOCCN(CC)C(=O)c1cccc(F)c1N. The second kappa shape index (κ2) is 6.96. The van der Waals surface area contributed by atoms with Crippen molar-refractivity contribution in [2.45, 2.75) is 13.8 Å². The van der Waals surface area contributed by atoms with Crippen molar-refractivity contribution in [3.63, 3.8) is 0 Å². The Kier molecular flexibility index (Phi) is 5.58. The molecule has 0 fully saturated rings. The zero-order valence-electron chi connectivity index (χ0n) is 10.8. The van der Waals surface area contributed by atoms with Crippen LogP contribution in [0.25, 0.3) is 0 Å². The highest BCUT2D eigenvalue weighted by Gasteiger charge is 2.18. The highest BCUT2D eigenvalue weighted by Crippen LogP contribution is 2.17. The van der Waals surface area contributed by atoms with Gasteiger partial charge in [0.2, 0.25) is 0 Å². The van der Waals surface area contributed by atoms with Crippen molar-refractivity contribution in [3.05, 3.63) is 29.6 Å². The molecule has 1 aromatic rings. The van der Waals surface area contributed by atoms with Crippen LogP contribution in [0.3, 0.4) is 0 Å².